The second kappa shape index (κ2) is 19.2. The van der Waals surface area contributed by atoms with Crippen molar-refractivity contribution in [2.75, 3.05) is 6.61 Å². The number of benzene rings is 3. The van der Waals surface area contributed by atoms with E-state index in [4.69, 9.17) is 14.2 Å². The molecule has 0 amide bonds. The molecular formula is C38H46O5. The van der Waals surface area contributed by atoms with Crippen molar-refractivity contribution in [2.24, 2.45) is 0 Å². The molecule has 228 valence electrons. The van der Waals surface area contributed by atoms with Gasteiger partial charge in [0.1, 0.15) is 11.5 Å². The van der Waals surface area contributed by atoms with Crippen molar-refractivity contribution in [2.45, 2.75) is 97.5 Å². The summed E-state index contributed by atoms with van der Waals surface area (Å²) < 4.78 is 16.9. The van der Waals surface area contributed by atoms with E-state index in [2.05, 4.69) is 25.7 Å². The fourth-order valence-corrected chi connectivity index (χ4v) is 4.53. The summed E-state index contributed by atoms with van der Waals surface area (Å²) in [6, 6.07) is 21.2. The smallest absolute Gasteiger partial charge is 0.343 e. The van der Waals surface area contributed by atoms with E-state index < -0.39 is 5.97 Å². The largest absolute Gasteiger partial charge is 0.494 e. The van der Waals surface area contributed by atoms with E-state index in [1.807, 2.05) is 31.2 Å². The molecule has 3 aromatic rings. The molecule has 3 rings (SSSR count). The molecule has 0 bridgehead atoms. The molecule has 0 aliphatic rings. The van der Waals surface area contributed by atoms with Crippen molar-refractivity contribution in [3.8, 4) is 23.3 Å². The zero-order chi connectivity index (χ0) is 30.7. The molecular weight excluding hydrogens is 536 g/mol. The van der Waals surface area contributed by atoms with Crippen molar-refractivity contribution in [1.29, 1.82) is 0 Å². The van der Waals surface area contributed by atoms with Crippen LogP contribution in [0, 0.1) is 11.8 Å². The average molecular weight is 583 g/mol. The van der Waals surface area contributed by atoms with Crippen molar-refractivity contribution < 1.29 is 23.8 Å². The first kappa shape index (κ1) is 33.5. The quantitative estimate of drug-likeness (QED) is 0.0686. The van der Waals surface area contributed by atoms with Gasteiger partial charge in [-0.05, 0) is 99.0 Å². The molecule has 0 N–H and O–H groups in total. The first-order chi connectivity index (χ1) is 21.0. The molecule has 0 aliphatic carbocycles. The zero-order valence-corrected chi connectivity index (χ0v) is 26.0. The molecule has 43 heavy (non-hydrogen) atoms. The average Bonchev–Trinajstić information content (AvgIpc) is 3.03. The van der Waals surface area contributed by atoms with Gasteiger partial charge in [-0.3, -0.25) is 0 Å². The summed E-state index contributed by atoms with van der Waals surface area (Å²) in [5.74, 6) is 6.66. The van der Waals surface area contributed by atoms with Gasteiger partial charge in [0.2, 0.25) is 0 Å². The van der Waals surface area contributed by atoms with Crippen molar-refractivity contribution in [3.63, 3.8) is 0 Å². The molecule has 3 aromatic carbocycles. The fraction of sp³-hybridized carbons (Fsp3) is 0.421. The lowest BCUT2D eigenvalue weighted by atomic mass is 10.1. The van der Waals surface area contributed by atoms with Crippen LogP contribution in [0.25, 0.3) is 0 Å². The molecule has 0 heterocycles. The van der Waals surface area contributed by atoms with E-state index >= 15 is 0 Å². The highest BCUT2D eigenvalue weighted by Gasteiger charge is 2.13. The van der Waals surface area contributed by atoms with Crippen LogP contribution < -0.4 is 9.47 Å². The third-order valence-electron chi connectivity index (χ3n) is 7.17. The maximum atomic E-state index is 12.6. The summed E-state index contributed by atoms with van der Waals surface area (Å²) in [5, 5.41) is 0. The van der Waals surface area contributed by atoms with Crippen molar-refractivity contribution in [1.82, 2.24) is 0 Å². The summed E-state index contributed by atoms with van der Waals surface area (Å²) in [4.78, 5) is 25.1. The maximum Gasteiger partial charge on any atom is 0.343 e. The number of esters is 2. The Morgan fingerprint density at radius 2 is 1.09 bits per heavy atom. The third kappa shape index (κ3) is 12.8. The second-order valence-electron chi connectivity index (χ2n) is 10.9. The number of carbonyl (C=O) groups excluding carboxylic acids is 2. The minimum absolute atomic E-state index is 0.130. The topological polar surface area (TPSA) is 61.8 Å². The first-order valence-corrected chi connectivity index (χ1v) is 15.9. The standard InChI is InChI=1S/C38H46O5/c1-4-6-8-10-11-13-29-41-35-25-19-32(20-26-35)16-15-31-17-21-33(22-18-31)38(40)43-36-27-23-34(24-28-36)37(39)42-30(3)14-12-9-7-5-2/h17-28,30H,4-14,29H2,1-3H3. The fourth-order valence-electron chi connectivity index (χ4n) is 4.53. The van der Waals surface area contributed by atoms with Gasteiger partial charge in [0.15, 0.2) is 0 Å². The van der Waals surface area contributed by atoms with Gasteiger partial charge in [-0.1, -0.05) is 77.1 Å². The van der Waals surface area contributed by atoms with Crippen molar-refractivity contribution >= 4 is 11.9 Å². The van der Waals surface area contributed by atoms with E-state index in [1.54, 1.807) is 48.5 Å². The lowest BCUT2D eigenvalue weighted by Crippen LogP contribution is -2.15. The SMILES string of the molecule is CCCCCCCCOc1ccc(C#Cc2ccc(C(=O)Oc3ccc(C(=O)OC(C)CCCCCC)cc3)cc2)cc1. The Morgan fingerprint density at radius 3 is 1.72 bits per heavy atom. The Labute approximate surface area is 258 Å². The number of hydrogen-bond acceptors (Lipinski definition) is 5. The van der Waals surface area contributed by atoms with E-state index in [0.29, 0.717) is 16.9 Å². The van der Waals surface area contributed by atoms with Crippen LogP contribution in [0.2, 0.25) is 0 Å². The van der Waals surface area contributed by atoms with Crippen LogP contribution in [0.1, 0.15) is 123 Å². The predicted octanol–water partition coefficient (Wildman–Crippen LogP) is 9.56. The monoisotopic (exact) mass is 582 g/mol. The molecule has 0 radical (unpaired) electrons. The van der Waals surface area contributed by atoms with Crippen LogP contribution >= 0.6 is 0 Å². The van der Waals surface area contributed by atoms with Crippen LogP contribution in [0.3, 0.4) is 0 Å². The molecule has 5 nitrogen and oxygen atoms in total. The van der Waals surface area contributed by atoms with Gasteiger partial charge in [-0.25, -0.2) is 9.59 Å². The number of unbranched alkanes of at least 4 members (excludes halogenated alkanes) is 8. The summed E-state index contributed by atoms with van der Waals surface area (Å²) in [6.07, 6.45) is 12.8. The zero-order valence-electron chi connectivity index (χ0n) is 26.0. The summed E-state index contributed by atoms with van der Waals surface area (Å²) in [5.41, 5.74) is 2.53. The van der Waals surface area contributed by atoms with Crippen LogP contribution in [0.15, 0.2) is 72.8 Å². The summed E-state index contributed by atoms with van der Waals surface area (Å²) in [7, 11) is 0. The van der Waals surface area contributed by atoms with E-state index in [9.17, 15) is 9.59 Å². The Bertz CT molecular complexity index is 1300. The summed E-state index contributed by atoms with van der Waals surface area (Å²) in [6.45, 7) is 7.06. The molecule has 0 saturated heterocycles. The van der Waals surface area contributed by atoms with E-state index in [1.165, 1.54) is 44.9 Å². The van der Waals surface area contributed by atoms with Gasteiger partial charge in [0.25, 0.3) is 0 Å². The summed E-state index contributed by atoms with van der Waals surface area (Å²) >= 11 is 0. The molecule has 0 aliphatic heterocycles. The number of hydrogen-bond donors (Lipinski definition) is 0. The molecule has 1 atom stereocenters. The van der Waals surface area contributed by atoms with Crippen LogP contribution in [-0.4, -0.2) is 24.6 Å². The Hall–Kier alpha value is -4.04. The number of rotatable bonds is 17. The van der Waals surface area contributed by atoms with Crippen molar-refractivity contribution in [3.05, 3.63) is 95.1 Å². The molecule has 0 aromatic heterocycles. The molecule has 5 heteroatoms. The highest BCUT2D eigenvalue weighted by atomic mass is 16.5. The van der Waals surface area contributed by atoms with E-state index in [-0.39, 0.29) is 12.1 Å². The van der Waals surface area contributed by atoms with Crippen LogP contribution in [0.5, 0.6) is 11.5 Å². The normalized spacial score (nSPS) is 11.2. The molecule has 1 unspecified atom stereocenters. The predicted molar refractivity (Wildman–Crippen MR) is 173 cm³/mol. The second-order valence-corrected chi connectivity index (χ2v) is 10.9. The Morgan fingerprint density at radius 1 is 0.605 bits per heavy atom. The van der Waals surface area contributed by atoms with Gasteiger partial charge in [-0.15, -0.1) is 0 Å². The van der Waals surface area contributed by atoms with Crippen LogP contribution in [-0.2, 0) is 4.74 Å². The van der Waals surface area contributed by atoms with Crippen LogP contribution in [0.4, 0.5) is 0 Å². The van der Waals surface area contributed by atoms with Gasteiger partial charge in [-0.2, -0.15) is 0 Å². The number of carbonyl (C=O) groups is 2. The Balaban J connectivity index is 1.43. The minimum Gasteiger partial charge on any atom is -0.494 e. The van der Waals surface area contributed by atoms with Gasteiger partial charge in [0.05, 0.1) is 23.8 Å². The Kier molecular flexibility index (Phi) is 14.9. The van der Waals surface area contributed by atoms with E-state index in [0.717, 1.165) is 49.2 Å². The van der Waals surface area contributed by atoms with Gasteiger partial charge >= 0.3 is 11.9 Å². The maximum absolute atomic E-state index is 12.6. The lowest BCUT2D eigenvalue weighted by molar-refractivity contribution is 0.0319. The highest BCUT2D eigenvalue weighted by molar-refractivity contribution is 5.92. The number of ether oxygens (including phenoxy) is 3. The van der Waals surface area contributed by atoms with Gasteiger partial charge < -0.3 is 14.2 Å². The third-order valence-corrected chi connectivity index (χ3v) is 7.17. The molecule has 0 saturated carbocycles. The minimum atomic E-state index is -0.480. The molecule has 0 spiro atoms. The lowest BCUT2D eigenvalue weighted by Gasteiger charge is -2.13. The molecule has 0 fully saturated rings. The highest BCUT2D eigenvalue weighted by Crippen LogP contribution is 2.18. The van der Waals surface area contributed by atoms with Gasteiger partial charge in [0, 0.05) is 11.1 Å². The first-order valence-electron chi connectivity index (χ1n) is 15.9.